The Morgan fingerprint density at radius 3 is 1.34 bits per heavy atom. The molecule has 16 rings (SSSR count). The fraction of sp³-hybridized carbons (Fsp3) is 0.185. The van der Waals surface area contributed by atoms with Crippen LogP contribution in [0.15, 0.2) is 237 Å². The average molecular weight is 1050 g/mol. The topological polar surface area (TPSA) is 3.24 Å². The molecule has 0 N–H and O–H groups in total. The molecule has 1 nitrogen and oxygen atoms in total. The molecule has 0 fully saturated rings. The largest absolute Gasteiger partial charge is 0.310 e. The van der Waals surface area contributed by atoms with Crippen LogP contribution in [0.3, 0.4) is 0 Å². The standard InChI is InChI=1S/C81H67N/c1-77(2,3)52-34-40-63-64-41-35-53(78(4,5)6)47-74(64)81(73(63)46-52)71-31-18-14-24-60(71)65-43-39-56(49-75(65)81)82(55-38-42-62-59-23-13-17-30-70(59)80(72(62)48-55)45-44-51-20-9-15-28-68(51)80)54-36-32-50(33-37-54)57-21-10-11-22-58(57)66-26-19-27-67-61-25-12-16-29-69(61)79(7,8)76(66)67/h9-43,46-49H,44-45H2,1-8H3. The van der Waals surface area contributed by atoms with Crippen LogP contribution in [0.1, 0.15) is 129 Å². The molecule has 0 heterocycles. The Bertz CT molecular complexity index is 4450. The van der Waals surface area contributed by atoms with Gasteiger partial charge in [-0.1, -0.05) is 256 Å². The molecule has 0 amide bonds. The highest BCUT2D eigenvalue weighted by atomic mass is 15.1. The van der Waals surface area contributed by atoms with E-state index in [1.54, 1.807) is 0 Å². The van der Waals surface area contributed by atoms with E-state index in [2.05, 4.69) is 297 Å². The van der Waals surface area contributed by atoms with Crippen LogP contribution in [-0.4, -0.2) is 0 Å². The second-order valence-corrected chi connectivity index (χ2v) is 26.7. The van der Waals surface area contributed by atoms with Crippen molar-refractivity contribution in [2.75, 3.05) is 4.90 Å². The van der Waals surface area contributed by atoms with Crippen LogP contribution >= 0.6 is 0 Å². The molecule has 0 aliphatic heterocycles. The van der Waals surface area contributed by atoms with Gasteiger partial charge in [-0.25, -0.2) is 0 Å². The fourth-order valence-electron chi connectivity index (χ4n) is 16.2. The van der Waals surface area contributed by atoms with E-state index >= 15 is 0 Å². The number of fused-ring (bicyclic) bond motifs is 20. The first-order valence-corrected chi connectivity index (χ1v) is 29.8. The second-order valence-electron chi connectivity index (χ2n) is 26.7. The van der Waals surface area contributed by atoms with Crippen molar-refractivity contribution in [2.45, 2.75) is 95.3 Å². The Labute approximate surface area is 484 Å². The smallest absolute Gasteiger partial charge is 0.0726 e. The van der Waals surface area contributed by atoms with Gasteiger partial charge in [-0.2, -0.15) is 0 Å². The summed E-state index contributed by atoms with van der Waals surface area (Å²) in [6.07, 6.45) is 2.11. The maximum atomic E-state index is 2.59. The van der Waals surface area contributed by atoms with Gasteiger partial charge in [0, 0.05) is 27.9 Å². The molecule has 5 aliphatic rings. The molecule has 0 bridgehead atoms. The van der Waals surface area contributed by atoms with Gasteiger partial charge in [0.25, 0.3) is 0 Å². The number of nitrogens with zero attached hydrogens (tertiary/aromatic N) is 1. The molecule has 82 heavy (non-hydrogen) atoms. The maximum Gasteiger partial charge on any atom is 0.0726 e. The van der Waals surface area contributed by atoms with Gasteiger partial charge >= 0.3 is 0 Å². The van der Waals surface area contributed by atoms with Gasteiger partial charge in [-0.3, -0.25) is 0 Å². The van der Waals surface area contributed by atoms with Crippen LogP contribution in [0.5, 0.6) is 0 Å². The van der Waals surface area contributed by atoms with E-state index < -0.39 is 5.41 Å². The third kappa shape index (κ3) is 6.63. The molecule has 5 aliphatic carbocycles. The predicted octanol–water partition coefficient (Wildman–Crippen LogP) is 21.0. The number of rotatable bonds is 5. The van der Waals surface area contributed by atoms with Gasteiger partial charge in [0.1, 0.15) is 0 Å². The minimum atomic E-state index is -0.543. The monoisotopic (exact) mass is 1050 g/mol. The third-order valence-corrected chi connectivity index (χ3v) is 20.0. The first-order chi connectivity index (χ1) is 39.7. The number of benzene rings is 11. The van der Waals surface area contributed by atoms with E-state index in [-0.39, 0.29) is 21.7 Å². The third-order valence-electron chi connectivity index (χ3n) is 20.0. The van der Waals surface area contributed by atoms with Crippen molar-refractivity contribution in [3.63, 3.8) is 0 Å². The van der Waals surface area contributed by atoms with Crippen molar-refractivity contribution in [3.05, 3.63) is 303 Å². The molecular weight excluding hydrogens is 987 g/mol. The molecule has 396 valence electrons. The van der Waals surface area contributed by atoms with Crippen molar-refractivity contribution in [1.82, 2.24) is 0 Å². The molecular formula is C81H67N. The Hall–Kier alpha value is -8.78. The van der Waals surface area contributed by atoms with Crippen LogP contribution in [0, 0.1) is 0 Å². The summed E-state index contributed by atoms with van der Waals surface area (Å²) >= 11 is 0. The van der Waals surface area contributed by atoms with E-state index in [0.717, 1.165) is 29.9 Å². The molecule has 0 aromatic heterocycles. The highest BCUT2D eigenvalue weighted by Crippen LogP contribution is 2.65. The van der Waals surface area contributed by atoms with Gasteiger partial charge in [0.05, 0.1) is 5.41 Å². The normalized spacial score (nSPS) is 16.7. The summed E-state index contributed by atoms with van der Waals surface area (Å²) < 4.78 is 0. The first-order valence-electron chi connectivity index (χ1n) is 29.8. The quantitative estimate of drug-likeness (QED) is 0.166. The Morgan fingerprint density at radius 1 is 0.317 bits per heavy atom. The number of aryl methyl sites for hydroxylation is 1. The average Bonchev–Trinajstić information content (AvgIpc) is 1.82. The summed E-state index contributed by atoms with van der Waals surface area (Å²) in [6.45, 7) is 18.9. The summed E-state index contributed by atoms with van der Waals surface area (Å²) in [4.78, 5) is 2.57. The number of hydrogen-bond donors (Lipinski definition) is 0. The zero-order chi connectivity index (χ0) is 55.7. The van der Waals surface area contributed by atoms with Crippen molar-refractivity contribution in [2.24, 2.45) is 0 Å². The van der Waals surface area contributed by atoms with E-state index in [1.807, 2.05) is 0 Å². The second kappa shape index (κ2) is 17.1. The predicted molar refractivity (Wildman–Crippen MR) is 343 cm³/mol. The highest BCUT2D eigenvalue weighted by molar-refractivity contribution is 5.98. The van der Waals surface area contributed by atoms with Gasteiger partial charge in [0.2, 0.25) is 0 Å². The lowest BCUT2D eigenvalue weighted by atomic mass is 9.68. The summed E-state index contributed by atoms with van der Waals surface area (Å²) in [5.41, 5.74) is 34.8. The van der Waals surface area contributed by atoms with Crippen LogP contribution in [-0.2, 0) is 33.5 Å². The summed E-state index contributed by atoms with van der Waals surface area (Å²) in [5, 5.41) is 0. The van der Waals surface area contributed by atoms with Crippen LogP contribution in [0.2, 0.25) is 0 Å². The van der Waals surface area contributed by atoms with Crippen LogP contribution < -0.4 is 4.90 Å². The lowest BCUT2D eigenvalue weighted by molar-refractivity contribution is 0.586. The van der Waals surface area contributed by atoms with Gasteiger partial charge in [0.15, 0.2) is 0 Å². The molecule has 1 atom stereocenters. The zero-order valence-corrected chi connectivity index (χ0v) is 48.4. The van der Waals surface area contributed by atoms with E-state index in [1.165, 1.54) is 134 Å². The first kappa shape index (κ1) is 49.1. The minimum Gasteiger partial charge on any atom is -0.310 e. The molecule has 1 heteroatoms. The minimum absolute atomic E-state index is 0.0398. The molecule has 0 saturated carbocycles. The molecule has 11 aromatic carbocycles. The lowest BCUT2D eigenvalue weighted by Gasteiger charge is -2.34. The van der Waals surface area contributed by atoms with E-state index in [9.17, 15) is 0 Å². The van der Waals surface area contributed by atoms with E-state index in [4.69, 9.17) is 0 Å². The van der Waals surface area contributed by atoms with E-state index in [0.29, 0.717) is 0 Å². The van der Waals surface area contributed by atoms with Crippen molar-refractivity contribution in [3.8, 4) is 66.8 Å². The van der Waals surface area contributed by atoms with Gasteiger partial charge in [-0.15, -0.1) is 0 Å². The van der Waals surface area contributed by atoms with Crippen LogP contribution in [0.4, 0.5) is 17.1 Å². The number of anilines is 3. The highest BCUT2D eigenvalue weighted by Gasteiger charge is 2.53. The Balaban J connectivity index is 0.919. The van der Waals surface area contributed by atoms with Crippen LogP contribution in [0.25, 0.3) is 66.8 Å². The SMILES string of the molecule is CC(C)(C)c1ccc2c(c1)C1(c3ccccc3-c3ccc(N(c4ccc(-c5ccccc5-c5cccc6c5C(C)(C)c5ccccc5-6)cc4)c4ccc5c(c4)C4(CCc6ccccc64)c4ccccc4-5)cc31)c1cc(C(C)(C)C)ccc1-2. The fourth-order valence-corrected chi connectivity index (χ4v) is 16.2. The molecule has 0 saturated heterocycles. The van der Waals surface area contributed by atoms with Gasteiger partial charge in [-0.05, 0) is 194 Å². The Morgan fingerprint density at radius 2 is 0.732 bits per heavy atom. The molecule has 0 radical (unpaired) electrons. The molecule has 1 unspecified atom stereocenters. The van der Waals surface area contributed by atoms with Crippen molar-refractivity contribution < 1.29 is 0 Å². The summed E-state index contributed by atoms with van der Waals surface area (Å²) in [7, 11) is 0. The molecule has 11 aromatic rings. The van der Waals surface area contributed by atoms with Crippen molar-refractivity contribution in [1.29, 1.82) is 0 Å². The summed E-state index contributed by atoms with van der Waals surface area (Å²) in [6, 6.07) is 91.9. The lowest BCUT2D eigenvalue weighted by Crippen LogP contribution is -2.27. The number of hydrogen-bond acceptors (Lipinski definition) is 1. The maximum absolute atomic E-state index is 2.59. The van der Waals surface area contributed by atoms with Gasteiger partial charge < -0.3 is 4.90 Å². The Kier molecular flexibility index (Phi) is 10.3. The molecule has 2 spiro atoms. The summed E-state index contributed by atoms with van der Waals surface area (Å²) in [5.74, 6) is 0. The zero-order valence-electron chi connectivity index (χ0n) is 48.4. The van der Waals surface area contributed by atoms with Crippen molar-refractivity contribution >= 4 is 17.1 Å².